The lowest BCUT2D eigenvalue weighted by Gasteiger charge is -2.26. The number of para-hydroxylation sites is 4. The van der Waals surface area contributed by atoms with E-state index in [1.807, 2.05) is 0 Å². The zero-order valence-corrected chi connectivity index (χ0v) is 83.6. The Bertz CT molecular complexity index is 5490. The highest BCUT2D eigenvalue weighted by Gasteiger charge is 2.59. The molecule has 768 valence electrons. The molecule has 0 radical (unpaired) electrons. The van der Waals surface area contributed by atoms with Gasteiger partial charge in [0.1, 0.15) is 115 Å². The molecule has 12 N–H and O–H groups in total. The van der Waals surface area contributed by atoms with Crippen molar-refractivity contribution in [1.29, 1.82) is 0 Å². The lowest BCUT2D eigenvalue weighted by Crippen LogP contribution is -2.43. The third-order valence-electron chi connectivity index (χ3n) is 20.8. The minimum atomic E-state index is -4.20. The maximum atomic E-state index is 13.5. The summed E-state index contributed by atoms with van der Waals surface area (Å²) in [5, 5.41) is 53.1. The smallest absolute Gasteiger partial charge is 0.459 e. The highest BCUT2D eigenvalue weighted by Crippen LogP contribution is 2.54. The molecule has 56 heteroatoms. The molecule has 12 rings (SSSR count). The SMILES string of the molecule is CCOC(=O)C(C)NP(=O)(OC[C@H]1O[C@@H](n2ccc(=O)[nH]c2=O)[C@](C)(Cl)[C@@H]1O)Oc1ccccc1.CCOC(=O)[C@@H](C)NP(=O)(OC[C@H]1O[C@@H](n2ccc(=O)[nH]c2=O)[C@](C)(Cl)[C@@H]1O)Oc1ccccc1.CCOC(=O)[C@@H](C)N[P@](=O)(OC[C@H]1O[C@@H](n2ccc(=O)[nH]c2=O)[C@](C)(Cl)[C@@H]1O)Oc1ccccc1.CCOC(=O)[C@H](C)NP(=O)(OC[C@H]1O[C@@H](n2ccc(=O)[nH]c2=O)[C@](C)(Cl)[C@@H]1O)Oc1ccccc1. The number of aliphatic hydroxyl groups excluding tert-OH is 4. The zero-order chi connectivity index (χ0) is 103. The van der Waals surface area contributed by atoms with E-state index in [4.69, 9.17) is 120 Å². The Morgan fingerprint density at radius 2 is 0.507 bits per heavy atom. The van der Waals surface area contributed by atoms with Crippen molar-refractivity contribution < 1.29 is 132 Å². The number of rotatable bonds is 40. The Balaban J connectivity index is 0.000000209. The number of nitrogens with one attached hydrogen (secondary N) is 8. The first-order valence-corrected chi connectivity index (χ1v) is 50.6. The van der Waals surface area contributed by atoms with E-state index in [0.29, 0.717) is 0 Å². The summed E-state index contributed by atoms with van der Waals surface area (Å²) in [7, 11) is -16.8. The van der Waals surface area contributed by atoms with E-state index < -0.39 is 244 Å². The van der Waals surface area contributed by atoms with E-state index in [2.05, 4.69) is 40.3 Å². The predicted molar refractivity (Wildman–Crippen MR) is 501 cm³/mol. The number of hydrogen-bond donors (Lipinski definition) is 12. The van der Waals surface area contributed by atoms with Crippen molar-refractivity contribution in [2.75, 3.05) is 52.9 Å². The molecule has 24 atom stereocenters. The molecule has 4 unspecified atom stereocenters. The first kappa shape index (κ1) is 114. The average molecular weight is 2130 g/mol. The van der Waals surface area contributed by atoms with Crippen LogP contribution in [0.3, 0.4) is 0 Å². The number of ether oxygens (including phenoxy) is 8. The molecule has 4 aliphatic heterocycles. The number of esters is 4. The Morgan fingerprint density at radius 3 is 0.664 bits per heavy atom. The van der Waals surface area contributed by atoms with Crippen LogP contribution in [0.25, 0.3) is 0 Å². The van der Waals surface area contributed by atoms with Gasteiger partial charge in [-0.1, -0.05) is 72.8 Å². The number of carbonyl (C=O) groups is 4. The van der Waals surface area contributed by atoms with Crippen molar-refractivity contribution in [2.45, 2.75) is 200 Å². The summed E-state index contributed by atoms with van der Waals surface area (Å²) in [6.45, 7) is 16.6. The summed E-state index contributed by atoms with van der Waals surface area (Å²) in [6, 6.07) is 32.8. The Kier molecular flexibility index (Phi) is 40.5. The van der Waals surface area contributed by atoms with Crippen LogP contribution in [0.5, 0.6) is 23.0 Å². The van der Waals surface area contributed by atoms with Gasteiger partial charge in [0, 0.05) is 49.1 Å². The molecule has 0 saturated carbocycles. The maximum absolute atomic E-state index is 13.5. The molecule has 8 heterocycles. The monoisotopic (exact) mass is 2120 g/mol. The highest BCUT2D eigenvalue weighted by atomic mass is 35.5. The summed E-state index contributed by atoms with van der Waals surface area (Å²) in [6.07, 6.45) is -10.1. The van der Waals surface area contributed by atoms with Crippen LogP contribution in [-0.2, 0) is 93.4 Å². The molecule has 48 nitrogen and oxygen atoms in total. The van der Waals surface area contributed by atoms with E-state index in [-0.39, 0.29) is 49.4 Å². The lowest BCUT2D eigenvalue weighted by molar-refractivity contribution is -0.145. The second-order valence-corrected chi connectivity index (χ2v) is 41.8. The number of aromatic nitrogens is 8. The molecule has 140 heavy (non-hydrogen) atoms. The highest BCUT2D eigenvalue weighted by molar-refractivity contribution is 7.53. The average Bonchev–Trinajstić information content (AvgIpc) is 1.63. The molecular formula is C84H108Cl4N12O36P4. The first-order chi connectivity index (χ1) is 65.9. The summed E-state index contributed by atoms with van der Waals surface area (Å²) in [4.78, 5) is 145. The van der Waals surface area contributed by atoms with Gasteiger partial charge in [0.2, 0.25) is 0 Å². The van der Waals surface area contributed by atoms with Gasteiger partial charge in [-0.15, -0.1) is 46.4 Å². The van der Waals surface area contributed by atoms with Crippen molar-refractivity contribution in [1.82, 2.24) is 58.6 Å². The van der Waals surface area contributed by atoms with Crippen LogP contribution < -0.4 is 83.4 Å². The standard InChI is InChI=1S/4C21H27ClN3O9P/c4*1-4-31-18(28)13(2)24-35(30,34-14-8-6-5-7-9-14)32-12-15-17(27)21(3,22)19(33-15)25-11-10-16(26)23-20(25)29/h4*5-11,13,15,17,19,27H,4,12H2,1-3H3,(H,24,30)(H,23,26,29)/t13?,15-,17-,19-,21-,35?;13-,15+,17+,19+,21+,35?;13-,15-,17-,19-,21-,35?;13-,15-,17-,19-,21-,35+/m1011/s1. The van der Waals surface area contributed by atoms with E-state index in [1.54, 1.807) is 149 Å². The predicted octanol–water partition coefficient (Wildman–Crippen LogP) is 6.15. The van der Waals surface area contributed by atoms with Crippen LogP contribution in [0.4, 0.5) is 0 Å². The molecule has 4 saturated heterocycles. The van der Waals surface area contributed by atoms with Crippen molar-refractivity contribution >= 4 is 101 Å². The fourth-order valence-corrected chi connectivity index (χ4v) is 20.8. The maximum Gasteiger partial charge on any atom is 0.459 e. The van der Waals surface area contributed by atoms with Crippen molar-refractivity contribution in [2.24, 2.45) is 0 Å². The minimum absolute atomic E-state index is 0.122. The van der Waals surface area contributed by atoms with Gasteiger partial charge in [-0.25, -0.2) is 37.4 Å². The molecular weight excluding hydrogens is 2020 g/mol. The number of carbonyl (C=O) groups excluding carboxylic acids is 4. The molecule has 4 fully saturated rings. The molecule has 0 aliphatic carbocycles. The number of aromatic amines is 4. The molecule has 4 aromatic carbocycles. The van der Waals surface area contributed by atoms with Crippen LogP contribution in [0, 0.1) is 0 Å². The van der Waals surface area contributed by atoms with Gasteiger partial charge in [0.25, 0.3) is 22.2 Å². The fourth-order valence-electron chi connectivity index (χ4n) is 13.6. The van der Waals surface area contributed by atoms with E-state index in [1.165, 1.54) is 80.2 Å². The van der Waals surface area contributed by atoms with Crippen molar-refractivity contribution in [3.63, 3.8) is 0 Å². The number of halogens is 4. The Morgan fingerprint density at radius 1 is 0.336 bits per heavy atom. The van der Waals surface area contributed by atoms with Gasteiger partial charge in [0.05, 0.1) is 52.9 Å². The number of alkyl halides is 4. The molecule has 8 aromatic rings. The van der Waals surface area contributed by atoms with E-state index >= 15 is 0 Å². The number of hydrogen-bond acceptors (Lipinski definition) is 36. The Labute approximate surface area is 817 Å². The fraction of sp³-hybridized carbons (Fsp3) is 0.476. The molecule has 4 aromatic heterocycles. The van der Waals surface area contributed by atoms with Crippen LogP contribution in [0.1, 0.15) is 108 Å². The summed E-state index contributed by atoms with van der Waals surface area (Å²) >= 11 is 26.0. The van der Waals surface area contributed by atoms with Gasteiger partial charge in [0.15, 0.2) is 24.9 Å². The quantitative estimate of drug-likeness (QED) is 0.00886. The number of aliphatic hydroxyl groups is 4. The van der Waals surface area contributed by atoms with Crippen LogP contribution >= 0.6 is 77.4 Å². The summed E-state index contributed by atoms with van der Waals surface area (Å²) in [5.74, 6) is -1.88. The van der Waals surface area contributed by atoms with Gasteiger partial charge in [-0.05, 0) is 132 Å². The van der Waals surface area contributed by atoms with Gasteiger partial charge < -0.3 is 76.4 Å². The second kappa shape index (κ2) is 49.9. The van der Waals surface area contributed by atoms with Crippen molar-refractivity contribution in [3.05, 3.63) is 254 Å². The third kappa shape index (κ3) is 30.1. The van der Waals surface area contributed by atoms with Crippen molar-refractivity contribution in [3.8, 4) is 23.0 Å². The molecule has 0 bridgehead atoms. The number of nitrogens with zero attached hydrogens (tertiary/aromatic N) is 4. The number of H-pyrrole nitrogens is 4. The normalized spacial score (nSPS) is 26.6. The summed E-state index contributed by atoms with van der Waals surface area (Å²) < 4.78 is 145. The topological polar surface area (TPSA) is 633 Å². The van der Waals surface area contributed by atoms with Crippen LogP contribution in [-0.4, -0.2) is 228 Å². The van der Waals surface area contributed by atoms with Gasteiger partial charge in [-0.3, -0.25) is 94.7 Å². The Hall–Kier alpha value is -9.88. The number of benzene rings is 4. The molecule has 4 aliphatic rings. The van der Waals surface area contributed by atoms with Gasteiger partial charge >= 0.3 is 77.6 Å². The molecule has 0 spiro atoms. The van der Waals surface area contributed by atoms with E-state index in [9.17, 15) is 96.2 Å². The minimum Gasteiger partial charge on any atom is -0.465 e. The lowest BCUT2D eigenvalue weighted by atomic mass is 10.0. The summed E-state index contributed by atoms with van der Waals surface area (Å²) in [5.41, 5.74) is -5.58. The second-order valence-electron chi connectivity index (χ2n) is 31.8. The third-order valence-corrected chi connectivity index (χ3v) is 29.0. The van der Waals surface area contributed by atoms with E-state index in [0.717, 1.165) is 42.5 Å². The first-order valence-electron chi connectivity index (χ1n) is 43.0. The zero-order valence-electron chi connectivity index (χ0n) is 77.0. The largest absolute Gasteiger partial charge is 0.465 e. The van der Waals surface area contributed by atoms with Crippen LogP contribution in [0.2, 0.25) is 0 Å². The molecule has 0 amide bonds. The van der Waals surface area contributed by atoms with Crippen LogP contribution in [0.15, 0.2) is 209 Å². The van der Waals surface area contributed by atoms with Gasteiger partial charge in [-0.2, -0.15) is 20.3 Å².